The lowest BCUT2D eigenvalue weighted by Gasteiger charge is -2.35. The van der Waals surface area contributed by atoms with Crippen molar-refractivity contribution in [3.63, 3.8) is 0 Å². The molecule has 0 saturated heterocycles. The number of H-pyrrole nitrogens is 1. The molecule has 0 aliphatic carbocycles. The van der Waals surface area contributed by atoms with Crippen LogP contribution >= 0.6 is 0 Å². The lowest BCUT2D eigenvalue weighted by atomic mass is 9.98. The van der Waals surface area contributed by atoms with Crippen molar-refractivity contribution in [3.05, 3.63) is 87.0 Å². The van der Waals surface area contributed by atoms with E-state index in [1.807, 2.05) is 35.0 Å². The molecule has 0 spiro atoms. The first-order valence-corrected chi connectivity index (χ1v) is 12.2. The van der Waals surface area contributed by atoms with Crippen LogP contribution in [-0.2, 0) is 18.6 Å². The van der Waals surface area contributed by atoms with Gasteiger partial charge in [-0.05, 0) is 91.2 Å². The van der Waals surface area contributed by atoms with E-state index in [1.54, 1.807) is 0 Å². The molecule has 7 heteroatoms. The molecule has 2 aromatic heterocycles. The maximum Gasteiger partial charge on any atom is 0.252 e. The van der Waals surface area contributed by atoms with Crippen molar-refractivity contribution in [2.75, 3.05) is 0 Å². The SMILES string of the molecule is Cc1cc2cc(CN(Cc3ccccc3)C(c3nnnn3C(C)(C)C)C(C)C)c(=O)[nH]c2cc1C. The molecule has 7 nitrogen and oxygen atoms in total. The van der Waals surface area contributed by atoms with E-state index in [0.717, 1.165) is 22.3 Å². The van der Waals surface area contributed by atoms with Gasteiger partial charge in [0.1, 0.15) is 0 Å². The van der Waals surface area contributed by atoms with Crippen LogP contribution in [0.5, 0.6) is 0 Å². The lowest BCUT2D eigenvalue weighted by Crippen LogP contribution is -2.37. The molecule has 4 aromatic rings. The number of nitrogens with one attached hydrogen (secondary N) is 1. The minimum atomic E-state index is -0.264. The maximum absolute atomic E-state index is 13.2. The second kappa shape index (κ2) is 9.74. The van der Waals surface area contributed by atoms with Crippen LogP contribution in [0.3, 0.4) is 0 Å². The fraction of sp³-hybridized carbons (Fsp3) is 0.429. The van der Waals surface area contributed by atoms with Gasteiger partial charge in [0.2, 0.25) is 0 Å². The Kier molecular flexibility index (Phi) is 6.90. The predicted octanol–water partition coefficient (Wildman–Crippen LogP) is 5.29. The van der Waals surface area contributed by atoms with E-state index >= 15 is 0 Å². The normalized spacial score (nSPS) is 13.2. The lowest BCUT2D eigenvalue weighted by molar-refractivity contribution is 0.120. The molecule has 1 unspecified atom stereocenters. The van der Waals surface area contributed by atoms with Crippen molar-refractivity contribution in [2.24, 2.45) is 5.92 Å². The zero-order chi connectivity index (χ0) is 25.3. The number of benzene rings is 2. The molecular formula is C28H36N6O. The zero-order valence-electron chi connectivity index (χ0n) is 21.8. The van der Waals surface area contributed by atoms with Crippen LogP contribution in [0, 0.1) is 19.8 Å². The highest BCUT2D eigenvalue weighted by Gasteiger charge is 2.32. The summed E-state index contributed by atoms with van der Waals surface area (Å²) >= 11 is 0. The summed E-state index contributed by atoms with van der Waals surface area (Å²) in [5.41, 5.74) is 4.83. The molecule has 1 atom stereocenters. The molecule has 0 fully saturated rings. The molecule has 184 valence electrons. The Morgan fingerprint density at radius 1 is 1.00 bits per heavy atom. The van der Waals surface area contributed by atoms with Crippen LogP contribution in [0.1, 0.15) is 68.7 Å². The second-order valence-corrected chi connectivity index (χ2v) is 10.8. The zero-order valence-corrected chi connectivity index (χ0v) is 21.8. The van der Waals surface area contributed by atoms with Gasteiger partial charge in [-0.15, -0.1) is 5.10 Å². The van der Waals surface area contributed by atoms with Crippen LogP contribution in [0.25, 0.3) is 10.9 Å². The molecule has 0 aliphatic rings. The molecule has 4 rings (SSSR count). The minimum Gasteiger partial charge on any atom is -0.322 e. The van der Waals surface area contributed by atoms with E-state index in [2.05, 4.69) is 92.1 Å². The Balaban J connectivity index is 1.81. The number of hydrogen-bond acceptors (Lipinski definition) is 5. The van der Waals surface area contributed by atoms with Gasteiger partial charge in [0, 0.05) is 24.2 Å². The summed E-state index contributed by atoms with van der Waals surface area (Å²) in [4.78, 5) is 18.6. The van der Waals surface area contributed by atoms with Gasteiger partial charge in [-0.3, -0.25) is 9.69 Å². The highest BCUT2D eigenvalue weighted by atomic mass is 16.1. The summed E-state index contributed by atoms with van der Waals surface area (Å²) in [5, 5.41) is 13.9. The summed E-state index contributed by atoms with van der Waals surface area (Å²) in [5.74, 6) is 1.03. The van der Waals surface area contributed by atoms with E-state index < -0.39 is 0 Å². The van der Waals surface area contributed by atoms with Crippen molar-refractivity contribution >= 4 is 10.9 Å². The van der Waals surface area contributed by atoms with E-state index in [0.29, 0.717) is 13.1 Å². The fourth-order valence-corrected chi connectivity index (χ4v) is 4.67. The first kappa shape index (κ1) is 24.8. The Labute approximate surface area is 207 Å². The van der Waals surface area contributed by atoms with E-state index in [4.69, 9.17) is 0 Å². The molecule has 1 N–H and O–H groups in total. The van der Waals surface area contributed by atoms with Gasteiger partial charge >= 0.3 is 0 Å². The summed E-state index contributed by atoms with van der Waals surface area (Å²) in [7, 11) is 0. The number of fused-ring (bicyclic) bond motifs is 1. The second-order valence-electron chi connectivity index (χ2n) is 10.8. The van der Waals surface area contributed by atoms with Crippen LogP contribution in [0.4, 0.5) is 0 Å². The average molecular weight is 473 g/mol. The molecule has 0 aliphatic heterocycles. The molecule has 0 amide bonds. The van der Waals surface area contributed by atoms with Gasteiger partial charge in [-0.1, -0.05) is 44.2 Å². The third-order valence-corrected chi connectivity index (χ3v) is 6.56. The summed E-state index contributed by atoms with van der Waals surface area (Å²) in [6, 6.07) is 16.5. The van der Waals surface area contributed by atoms with E-state index in [1.165, 1.54) is 16.7 Å². The Morgan fingerprint density at radius 2 is 1.69 bits per heavy atom. The van der Waals surface area contributed by atoms with Crippen LogP contribution in [0.15, 0.2) is 53.3 Å². The molecule has 35 heavy (non-hydrogen) atoms. The van der Waals surface area contributed by atoms with Gasteiger partial charge in [0.25, 0.3) is 5.56 Å². The molecule has 2 aromatic carbocycles. The van der Waals surface area contributed by atoms with Gasteiger partial charge in [0.15, 0.2) is 5.82 Å². The highest BCUT2D eigenvalue weighted by molar-refractivity contribution is 5.80. The van der Waals surface area contributed by atoms with Crippen LogP contribution < -0.4 is 5.56 Å². The number of pyridine rings is 1. The third-order valence-electron chi connectivity index (χ3n) is 6.56. The van der Waals surface area contributed by atoms with Crippen LogP contribution in [0.2, 0.25) is 0 Å². The van der Waals surface area contributed by atoms with Crippen molar-refractivity contribution in [1.82, 2.24) is 30.1 Å². The number of nitrogens with zero attached hydrogens (tertiary/aromatic N) is 5. The van der Waals surface area contributed by atoms with Crippen molar-refractivity contribution in [3.8, 4) is 0 Å². The van der Waals surface area contributed by atoms with Crippen molar-refractivity contribution in [1.29, 1.82) is 0 Å². The number of rotatable bonds is 7. The summed E-state index contributed by atoms with van der Waals surface area (Å²) in [6.45, 7) is 16.0. The van der Waals surface area contributed by atoms with Crippen LogP contribution in [-0.4, -0.2) is 30.1 Å². The smallest absolute Gasteiger partial charge is 0.252 e. The number of tetrazole rings is 1. The topological polar surface area (TPSA) is 79.7 Å². The monoisotopic (exact) mass is 472 g/mol. The Hall–Kier alpha value is -3.32. The molecule has 0 saturated carbocycles. The van der Waals surface area contributed by atoms with Gasteiger partial charge in [0.05, 0.1) is 11.6 Å². The number of aryl methyl sites for hydroxylation is 2. The number of hydrogen-bond donors (Lipinski definition) is 1. The highest BCUT2D eigenvalue weighted by Crippen LogP contribution is 2.32. The van der Waals surface area contributed by atoms with Crippen molar-refractivity contribution in [2.45, 2.75) is 73.1 Å². The molecule has 0 radical (unpaired) electrons. The average Bonchev–Trinajstić information content (AvgIpc) is 3.26. The number of aromatic nitrogens is 5. The molecule has 0 bridgehead atoms. The summed E-state index contributed by atoms with van der Waals surface area (Å²) in [6.07, 6.45) is 0. The fourth-order valence-electron chi connectivity index (χ4n) is 4.67. The quantitative estimate of drug-likeness (QED) is 0.396. The van der Waals surface area contributed by atoms with E-state index in [9.17, 15) is 4.79 Å². The maximum atomic E-state index is 13.2. The van der Waals surface area contributed by atoms with Gasteiger partial charge in [-0.25, -0.2) is 4.68 Å². The molecule has 2 heterocycles. The molecular weight excluding hydrogens is 436 g/mol. The van der Waals surface area contributed by atoms with Crippen molar-refractivity contribution < 1.29 is 0 Å². The number of aromatic amines is 1. The van der Waals surface area contributed by atoms with E-state index in [-0.39, 0.29) is 23.1 Å². The third kappa shape index (κ3) is 5.35. The standard InChI is InChI=1S/C28H36N6O/c1-18(2)25(26-30-31-32-34(26)28(5,6)7)33(16-21-11-9-8-10-12-21)17-23-15-22-13-19(3)20(4)14-24(22)29-27(23)35/h8-15,18,25H,16-17H2,1-7H3,(H,29,35). The minimum absolute atomic E-state index is 0.0586. The largest absolute Gasteiger partial charge is 0.322 e. The summed E-state index contributed by atoms with van der Waals surface area (Å²) < 4.78 is 1.91. The Bertz CT molecular complexity index is 1360. The first-order chi connectivity index (χ1) is 16.5. The predicted molar refractivity (Wildman–Crippen MR) is 140 cm³/mol. The Morgan fingerprint density at radius 3 is 2.34 bits per heavy atom. The first-order valence-electron chi connectivity index (χ1n) is 12.2. The van der Waals surface area contributed by atoms with Gasteiger partial charge in [-0.2, -0.15) is 0 Å². The van der Waals surface area contributed by atoms with Gasteiger partial charge < -0.3 is 4.98 Å².